The molecule has 4 heteroatoms. The Morgan fingerprint density at radius 1 is 1.34 bits per heavy atom. The number of hydrogen-bond donors (Lipinski definition) is 2. The van der Waals surface area contributed by atoms with E-state index >= 15 is 0 Å². The summed E-state index contributed by atoms with van der Waals surface area (Å²) in [5.41, 5.74) is 1.23. The average molecular weight is 405 g/mol. The van der Waals surface area contributed by atoms with Crippen LogP contribution in [0.15, 0.2) is 36.5 Å². The van der Waals surface area contributed by atoms with Gasteiger partial charge >= 0.3 is 5.97 Å². The van der Waals surface area contributed by atoms with E-state index in [4.69, 9.17) is 0 Å². The second kappa shape index (κ2) is 11.7. The van der Waals surface area contributed by atoms with E-state index < -0.39 is 0 Å². The summed E-state index contributed by atoms with van der Waals surface area (Å²) in [5, 5.41) is 21.2. The maximum absolute atomic E-state index is 11.1. The standard InChI is InChI=1S/C25H40O4/c1-4-15-25(16-10-17-25)23(27)13-9-12-21-20(19(2)18-22(21)26)11-7-5-6-8-14-24(28)29-3/h5,7,9,12,20-23,26-27H,2,4,6,8,10-11,13-18H2,1,3H3/t20-,21+,22?,23?/m0/s1. The van der Waals surface area contributed by atoms with Crippen molar-refractivity contribution >= 4 is 5.97 Å². The summed E-state index contributed by atoms with van der Waals surface area (Å²) in [5.74, 6) is 0.141. The lowest BCUT2D eigenvalue weighted by Gasteiger charge is -2.45. The summed E-state index contributed by atoms with van der Waals surface area (Å²) >= 11 is 0. The molecule has 2 unspecified atom stereocenters. The van der Waals surface area contributed by atoms with E-state index in [1.807, 2.05) is 0 Å². The number of hydrogen-bond acceptors (Lipinski definition) is 4. The highest BCUT2D eigenvalue weighted by atomic mass is 16.5. The Bertz CT molecular complexity index is 588. The van der Waals surface area contributed by atoms with Crippen LogP contribution in [-0.2, 0) is 9.53 Å². The van der Waals surface area contributed by atoms with E-state index in [-0.39, 0.29) is 35.4 Å². The predicted octanol–water partition coefficient (Wildman–Crippen LogP) is 5.11. The number of methoxy groups -OCH3 is 1. The maximum Gasteiger partial charge on any atom is 0.305 e. The second-order valence-corrected chi connectivity index (χ2v) is 8.93. The number of carbonyl (C=O) groups is 1. The second-order valence-electron chi connectivity index (χ2n) is 8.93. The highest BCUT2D eigenvalue weighted by molar-refractivity contribution is 5.69. The Labute approximate surface area is 176 Å². The molecule has 4 nitrogen and oxygen atoms in total. The van der Waals surface area contributed by atoms with Crippen LogP contribution in [0.4, 0.5) is 0 Å². The predicted molar refractivity (Wildman–Crippen MR) is 117 cm³/mol. The first kappa shape index (κ1) is 23.9. The fourth-order valence-corrected chi connectivity index (χ4v) is 5.00. The maximum atomic E-state index is 11.1. The molecule has 0 aromatic rings. The molecule has 164 valence electrons. The van der Waals surface area contributed by atoms with Gasteiger partial charge in [0.25, 0.3) is 0 Å². The van der Waals surface area contributed by atoms with Crippen molar-refractivity contribution in [1.82, 2.24) is 0 Å². The zero-order chi connectivity index (χ0) is 21.3. The lowest BCUT2D eigenvalue weighted by atomic mass is 9.62. The molecule has 0 aliphatic heterocycles. The number of aliphatic hydroxyl groups is 2. The largest absolute Gasteiger partial charge is 0.469 e. The zero-order valence-electron chi connectivity index (χ0n) is 18.3. The topological polar surface area (TPSA) is 66.8 Å². The van der Waals surface area contributed by atoms with Gasteiger partial charge in [0.15, 0.2) is 0 Å². The first-order chi connectivity index (χ1) is 13.9. The monoisotopic (exact) mass is 404 g/mol. The van der Waals surface area contributed by atoms with Crippen molar-refractivity contribution in [3.05, 3.63) is 36.5 Å². The Hall–Kier alpha value is -1.39. The van der Waals surface area contributed by atoms with Crippen molar-refractivity contribution < 1.29 is 19.7 Å². The fraction of sp³-hybridized carbons (Fsp3) is 0.720. The molecule has 2 aliphatic carbocycles. The molecule has 0 bridgehead atoms. The minimum absolute atomic E-state index is 0.0675. The first-order valence-corrected chi connectivity index (χ1v) is 11.4. The van der Waals surface area contributed by atoms with Crippen LogP contribution in [0.3, 0.4) is 0 Å². The lowest BCUT2D eigenvalue weighted by molar-refractivity contribution is -0.140. The van der Waals surface area contributed by atoms with Gasteiger partial charge in [0, 0.05) is 12.3 Å². The average Bonchev–Trinajstić information content (AvgIpc) is 2.93. The van der Waals surface area contributed by atoms with Gasteiger partial charge < -0.3 is 14.9 Å². The number of unbranched alkanes of at least 4 members (excludes halogenated alkanes) is 1. The van der Waals surface area contributed by atoms with Crippen molar-refractivity contribution in [2.75, 3.05) is 7.11 Å². The highest BCUT2D eigenvalue weighted by Gasteiger charge is 2.42. The van der Waals surface area contributed by atoms with E-state index in [9.17, 15) is 15.0 Å². The van der Waals surface area contributed by atoms with E-state index in [1.165, 1.54) is 13.5 Å². The molecule has 0 spiro atoms. The normalized spacial score (nSPS) is 27.4. The van der Waals surface area contributed by atoms with Crippen molar-refractivity contribution in [2.45, 2.75) is 89.8 Å². The van der Waals surface area contributed by atoms with Gasteiger partial charge in [0.2, 0.25) is 0 Å². The molecule has 2 saturated carbocycles. The van der Waals surface area contributed by atoms with Crippen molar-refractivity contribution in [1.29, 1.82) is 0 Å². The summed E-state index contributed by atoms with van der Waals surface area (Å²) < 4.78 is 4.65. The minimum atomic E-state index is -0.387. The third-order valence-corrected chi connectivity index (χ3v) is 6.96. The van der Waals surface area contributed by atoms with E-state index in [2.05, 4.69) is 42.5 Å². The van der Waals surface area contributed by atoms with Crippen LogP contribution < -0.4 is 0 Å². The number of rotatable bonds is 12. The summed E-state index contributed by atoms with van der Waals surface area (Å²) in [7, 11) is 1.41. The summed E-state index contributed by atoms with van der Waals surface area (Å²) in [4.78, 5) is 11.1. The molecule has 2 rings (SSSR count). The fourth-order valence-electron chi connectivity index (χ4n) is 5.00. The minimum Gasteiger partial charge on any atom is -0.469 e. The third kappa shape index (κ3) is 6.55. The van der Waals surface area contributed by atoms with Gasteiger partial charge in [-0.3, -0.25) is 4.79 Å². The van der Waals surface area contributed by atoms with Gasteiger partial charge in [-0.2, -0.15) is 0 Å². The summed E-state index contributed by atoms with van der Waals surface area (Å²) in [6, 6.07) is 0. The van der Waals surface area contributed by atoms with Gasteiger partial charge in [0.05, 0.1) is 19.3 Å². The molecule has 0 aromatic carbocycles. The molecule has 0 amide bonds. The van der Waals surface area contributed by atoms with Gasteiger partial charge in [-0.05, 0) is 62.7 Å². The molecule has 0 heterocycles. The van der Waals surface area contributed by atoms with Crippen LogP contribution in [0.2, 0.25) is 0 Å². The molecule has 2 N–H and O–H groups in total. The SMILES string of the molecule is C=C1CC(O)[C@H](C=CCC(O)C2(CCC)CCC2)[C@H]1CC=CCCCC(=O)OC. The van der Waals surface area contributed by atoms with Gasteiger partial charge in [-0.15, -0.1) is 0 Å². The van der Waals surface area contributed by atoms with E-state index in [1.54, 1.807) is 0 Å². The molecule has 2 fully saturated rings. The molecular weight excluding hydrogens is 364 g/mol. The smallest absolute Gasteiger partial charge is 0.305 e. The van der Waals surface area contributed by atoms with Crippen LogP contribution >= 0.6 is 0 Å². The molecule has 2 aliphatic rings. The van der Waals surface area contributed by atoms with E-state index in [0.29, 0.717) is 19.3 Å². The number of esters is 1. The Morgan fingerprint density at radius 2 is 2.10 bits per heavy atom. The van der Waals surface area contributed by atoms with Crippen molar-refractivity contribution in [2.24, 2.45) is 17.3 Å². The molecular formula is C25H40O4. The van der Waals surface area contributed by atoms with Crippen LogP contribution in [0.25, 0.3) is 0 Å². The van der Waals surface area contributed by atoms with Gasteiger partial charge in [-0.25, -0.2) is 0 Å². The van der Waals surface area contributed by atoms with Crippen LogP contribution in [-0.4, -0.2) is 35.5 Å². The van der Waals surface area contributed by atoms with Crippen molar-refractivity contribution in [3.63, 3.8) is 0 Å². The Morgan fingerprint density at radius 3 is 2.72 bits per heavy atom. The van der Waals surface area contributed by atoms with E-state index in [0.717, 1.165) is 50.5 Å². The lowest BCUT2D eigenvalue weighted by Crippen LogP contribution is -2.41. The van der Waals surface area contributed by atoms with Gasteiger partial charge in [-0.1, -0.05) is 56.2 Å². The molecule has 0 saturated heterocycles. The van der Waals surface area contributed by atoms with Crippen LogP contribution in [0, 0.1) is 17.3 Å². The Balaban J connectivity index is 1.83. The summed E-state index contributed by atoms with van der Waals surface area (Å²) in [6.07, 6.45) is 17.8. The number of aliphatic hydroxyl groups excluding tert-OH is 2. The highest BCUT2D eigenvalue weighted by Crippen LogP contribution is 2.48. The zero-order valence-corrected chi connectivity index (χ0v) is 18.3. The number of allylic oxidation sites excluding steroid dienone is 2. The number of carbonyl (C=O) groups excluding carboxylic acids is 1. The van der Waals surface area contributed by atoms with Gasteiger partial charge in [0.1, 0.15) is 0 Å². The molecule has 0 aromatic heterocycles. The first-order valence-electron chi connectivity index (χ1n) is 11.4. The van der Waals surface area contributed by atoms with Crippen molar-refractivity contribution in [3.8, 4) is 0 Å². The molecule has 4 atom stereocenters. The van der Waals surface area contributed by atoms with Crippen LogP contribution in [0.1, 0.15) is 77.6 Å². The molecule has 0 radical (unpaired) electrons. The quantitative estimate of drug-likeness (QED) is 0.270. The van der Waals surface area contributed by atoms with Crippen LogP contribution in [0.5, 0.6) is 0 Å². The molecule has 29 heavy (non-hydrogen) atoms. The third-order valence-electron chi connectivity index (χ3n) is 6.96. The Kier molecular flexibility index (Phi) is 9.64. The summed E-state index contributed by atoms with van der Waals surface area (Å²) in [6.45, 7) is 6.37. The number of ether oxygens (including phenoxy) is 1.